The third-order valence-electron chi connectivity index (χ3n) is 5.02. The number of carbonyl (C=O) groups excluding carboxylic acids is 1. The second-order valence-corrected chi connectivity index (χ2v) is 7.81. The molecule has 2 aromatic heterocycles. The van der Waals surface area contributed by atoms with Crippen LogP contribution in [0.1, 0.15) is 21.9 Å². The van der Waals surface area contributed by atoms with Gasteiger partial charge >= 0.3 is 0 Å². The Kier molecular flexibility index (Phi) is 5.78. The lowest BCUT2D eigenvalue weighted by molar-refractivity contribution is 0.0991. The number of nitrogens with one attached hydrogen (secondary N) is 1. The molecule has 0 aliphatic heterocycles. The van der Waals surface area contributed by atoms with Crippen molar-refractivity contribution in [2.24, 2.45) is 0 Å². The molecule has 1 N–H and O–H groups in total. The SMILES string of the molecule is O=C(Nc1ncn(Cc2ccc(Cl)cc2)n1)c1ccc(COc2cccc3ccccc23)o1. The number of amides is 1. The van der Waals surface area contributed by atoms with Gasteiger partial charge in [0.25, 0.3) is 5.91 Å². The molecule has 0 aliphatic rings. The molecule has 164 valence electrons. The topological polar surface area (TPSA) is 82.2 Å². The van der Waals surface area contributed by atoms with Crippen molar-refractivity contribution in [3.05, 3.63) is 107 Å². The zero-order valence-electron chi connectivity index (χ0n) is 17.4. The molecule has 0 unspecified atom stereocenters. The Morgan fingerprint density at radius 2 is 1.82 bits per heavy atom. The van der Waals surface area contributed by atoms with Crippen molar-refractivity contribution in [3.63, 3.8) is 0 Å². The smallest absolute Gasteiger partial charge is 0.293 e. The second kappa shape index (κ2) is 9.18. The van der Waals surface area contributed by atoms with Crippen LogP contribution < -0.4 is 10.1 Å². The van der Waals surface area contributed by atoms with Gasteiger partial charge < -0.3 is 9.15 Å². The first-order valence-electron chi connectivity index (χ1n) is 10.3. The molecule has 3 aromatic carbocycles. The molecular weight excluding hydrogens is 440 g/mol. The van der Waals surface area contributed by atoms with Gasteiger partial charge in [-0.25, -0.2) is 9.67 Å². The molecule has 0 atom stereocenters. The van der Waals surface area contributed by atoms with Crippen LogP contribution in [-0.2, 0) is 13.2 Å². The monoisotopic (exact) mass is 458 g/mol. The summed E-state index contributed by atoms with van der Waals surface area (Å²) in [7, 11) is 0. The predicted molar refractivity (Wildman–Crippen MR) is 126 cm³/mol. The van der Waals surface area contributed by atoms with Gasteiger partial charge in [0.1, 0.15) is 24.4 Å². The number of aromatic nitrogens is 3. The number of hydrogen-bond donors (Lipinski definition) is 1. The van der Waals surface area contributed by atoms with E-state index in [2.05, 4.69) is 15.4 Å². The van der Waals surface area contributed by atoms with E-state index in [1.165, 1.54) is 0 Å². The predicted octanol–water partition coefficient (Wildman–Crippen LogP) is 5.56. The molecule has 0 fully saturated rings. The van der Waals surface area contributed by atoms with Crippen LogP contribution in [0, 0.1) is 0 Å². The van der Waals surface area contributed by atoms with E-state index in [0.717, 1.165) is 22.1 Å². The van der Waals surface area contributed by atoms with Crippen molar-refractivity contribution < 1.29 is 13.9 Å². The molecule has 8 heteroatoms. The quantitative estimate of drug-likeness (QED) is 0.345. The lowest BCUT2D eigenvalue weighted by atomic mass is 10.1. The molecule has 0 saturated heterocycles. The van der Waals surface area contributed by atoms with Crippen molar-refractivity contribution in [2.45, 2.75) is 13.2 Å². The average Bonchev–Trinajstić information content (AvgIpc) is 3.49. The maximum atomic E-state index is 12.5. The minimum Gasteiger partial charge on any atom is -0.485 e. The van der Waals surface area contributed by atoms with Crippen LogP contribution in [0.2, 0.25) is 5.02 Å². The Morgan fingerprint density at radius 3 is 2.70 bits per heavy atom. The number of rotatable bonds is 7. The summed E-state index contributed by atoms with van der Waals surface area (Å²) in [5.41, 5.74) is 1.02. The van der Waals surface area contributed by atoms with E-state index in [1.807, 2.05) is 66.7 Å². The molecule has 5 aromatic rings. The van der Waals surface area contributed by atoms with Gasteiger partial charge in [-0.1, -0.05) is 60.1 Å². The number of nitrogens with zero attached hydrogens (tertiary/aromatic N) is 3. The molecule has 1 amide bonds. The van der Waals surface area contributed by atoms with E-state index < -0.39 is 5.91 Å². The molecule has 0 radical (unpaired) electrons. The number of furan rings is 1. The number of benzene rings is 3. The summed E-state index contributed by atoms with van der Waals surface area (Å²) in [4.78, 5) is 16.7. The fourth-order valence-electron chi connectivity index (χ4n) is 3.42. The maximum Gasteiger partial charge on any atom is 0.293 e. The molecule has 0 aliphatic carbocycles. The number of halogens is 1. The van der Waals surface area contributed by atoms with Gasteiger partial charge in [0.2, 0.25) is 5.95 Å². The molecule has 2 heterocycles. The fourth-order valence-corrected chi connectivity index (χ4v) is 3.54. The molecule has 0 saturated carbocycles. The summed E-state index contributed by atoms with van der Waals surface area (Å²) < 4.78 is 13.2. The van der Waals surface area contributed by atoms with Gasteiger partial charge in [-0.3, -0.25) is 10.1 Å². The number of fused-ring (bicyclic) bond motifs is 1. The highest BCUT2D eigenvalue weighted by Gasteiger charge is 2.14. The highest BCUT2D eigenvalue weighted by atomic mass is 35.5. The molecule has 33 heavy (non-hydrogen) atoms. The van der Waals surface area contributed by atoms with E-state index in [4.69, 9.17) is 20.8 Å². The minimum atomic E-state index is -0.435. The zero-order valence-corrected chi connectivity index (χ0v) is 18.2. The molecule has 7 nitrogen and oxygen atoms in total. The van der Waals surface area contributed by atoms with Crippen molar-refractivity contribution in [2.75, 3.05) is 5.32 Å². The summed E-state index contributed by atoms with van der Waals surface area (Å²) in [5.74, 6) is 1.20. The Bertz CT molecular complexity index is 1400. The van der Waals surface area contributed by atoms with Crippen LogP contribution in [0.5, 0.6) is 5.75 Å². The molecule has 5 rings (SSSR count). The van der Waals surface area contributed by atoms with E-state index in [0.29, 0.717) is 17.3 Å². The molecule has 0 spiro atoms. The number of carbonyl (C=O) groups is 1. The normalized spacial score (nSPS) is 10.9. The lowest BCUT2D eigenvalue weighted by Crippen LogP contribution is -2.12. The van der Waals surface area contributed by atoms with E-state index >= 15 is 0 Å². The van der Waals surface area contributed by atoms with Crippen molar-refractivity contribution in [3.8, 4) is 5.75 Å². The van der Waals surface area contributed by atoms with Gasteiger partial charge in [0.05, 0.1) is 6.54 Å². The largest absolute Gasteiger partial charge is 0.485 e. The summed E-state index contributed by atoms with van der Waals surface area (Å²) in [6.07, 6.45) is 1.55. The van der Waals surface area contributed by atoms with Crippen LogP contribution in [-0.4, -0.2) is 20.7 Å². The number of anilines is 1. The highest BCUT2D eigenvalue weighted by molar-refractivity contribution is 6.30. The summed E-state index contributed by atoms with van der Waals surface area (Å²) >= 11 is 5.91. The Morgan fingerprint density at radius 1 is 1.00 bits per heavy atom. The number of ether oxygens (including phenoxy) is 1. The third-order valence-corrected chi connectivity index (χ3v) is 5.28. The number of hydrogen-bond acceptors (Lipinski definition) is 5. The fraction of sp³-hybridized carbons (Fsp3) is 0.0800. The van der Waals surface area contributed by atoms with Crippen LogP contribution in [0.15, 0.2) is 89.6 Å². The average molecular weight is 459 g/mol. The Hall–Kier alpha value is -4.10. The lowest BCUT2D eigenvalue weighted by Gasteiger charge is -2.07. The van der Waals surface area contributed by atoms with Crippen LogP contribution in [0.25, 0.3) is 10.8 Å². The van der Waals surface area contributed by atoms with Crippen molar-refractivity contribution >= 4 is 34.2 Å². The van der Waals surface area contributed by atoms with Crippen molar-refractivity contribution in [1.82, 2.24) is 14.8 Å². The summed E-state index contributed by atoms with van der Waals surface area (Å²) in [6.45, 7) is 0.714. The van der Waals surface area contributed by atoms with Gasteiger partial charge in [0, 0.05) is 10.4 Å². The van der Waals surface area contributed by atoms with Gasteiger partial charge in [-0.05, 0) is 41.3 Å². The summed E-state index contributed by atoms with van der Waals surface area (Å²) in [6, 6.07) is 24.6. The minimum absolute atomic E-state index is 0.153. The Balaban J connectivity index is 1.20. The van der Waals surface area contributed by atoms with Crippen LogP contribution in [0.4, 0.5) is 5.95 Å². The first-order valence-corrected chi connectivity index (χ1v) is 10.7. The highest BCUT2D eigenvalue weighted by Crippen LogP contribution is 2.26. The second-order valence-electron chi connectivity index (χ2n) is 7.38. The molecular formula is C25H19ClN4O3. The first kappa shape index (κ1) is 20.8. The van der Waals surface area contributed by atoms with Gasteiger partial charge in [-0.2, -0.15) is 0 Å². The maximum absolute atomic E-state index is 12.5. The van der Waals surface area contributed by atoms with Crippen LogP contribution in [0.3, 0.4) is 0 Å². The van der Waals surface area contributed by atoms with Gasteiger partial charge in [-0.15, -0.1) is 5.10 Å². The van der Waals surface area contributed by atoms with E-state index in [9.17, 15) is 4.79 Å². The van der Waals surface area contributed by atoms with Crippen LogP contribution >= 0.6 is 11.6 Å². The van der Waals surface area contributed by atoms with Crippen molar-refractivity contribution in [1.29, 1.82) is 0 Å². The zero-order chi connectivity index (χ0) is 22.6. The summed E-state index contributed by atoms with van der Waals surface area (Å²) in [5, 5.41) is 9.71. The van der Waals surface area contributed by atoms with E-state index in [-0.39, 0.29) is 18.3 Å². The Labute approximate surface area is 194 Å². The van der Waals surface area contributed by atoms with E-state index in [1.54, 1.807) is 23.1 Å². The van der Waals surface area contributed by atoms with Gasteiger partial charge in [0.15, 0.2) is 5.76 Å². The standard InChI is InChI=1S/C25H19ClN4O3/c26-19-10-8-17(9-11-19)14-30-16-27-25(29-30)28-24(31)23-13-12-20(33-23)15-32-22-7-3-5-18-4-1-2-6-21(18)22/h1-13,16H,14-15H2,(H,28,29,31). The third kappa shape index (κ3) is 4.88. The first-order chi connectivity index (χ1) is 16.1. The molecule has 0 bridgehead atoms.